The van der Waals surface area contributed by atoms with Crippen molar-refractivity contribution >= 4 is 5.69 Å². The molecule has 2 heterocycles. The third-order valence-corrected chi connectivity index (χ3v) is 5.25. The molecule has 2 aliphatic heterocycles. The first-order valence-electron chi connectivity index (χ1n) is 9.46. The summed E-state index contributed by atoms with van der Waals surface area (Å²) in [5.41, 5.74) is 3.78. The van der Waals surface area contributed by atoms with Gasteiger partial charge in [-0.05, 0) is 41.5 Å². The molecule has 0 atom stereocenters. The van der Waals surface area contributed by atoms with Crippen molar-refractivity contribution in [2.45, 2.75) is 13.0 Å². The zero-order chi connectivity index (χ0) is 17.8. The molecule has 1 fully saturated rings. The summed E-state index contributed by atoms with van der Waals surface area (Å²) in [5, 5.41) is 3.55. The molecular weight excluding hydrogens is 329 g/mol. The molecule has 4 nitrogen and oxygen atoms in total. The van der Waals surface area contributed by atoms with E-state index in [0.29, 0.717) is 0 Å². The van der Waals surface area contributed by atoms with Crippen LogP contribution in [0.4, 0.5) is 10.1 Å². The van der Waals surface area contributed by atoms with Crippen molar-refractivity contribution in [3.63, 3.8) is 0 Å². The second-order valence-electron chi connectivity index (χ2n) is 7.02. The molecular formula is C21H26FN3O. The third-order valence-electron chi connectivity index (χ3n) is 5.25. The van der Waals surface area contributed by atoms with E-state index in [2.05, 4.69) is 33.3 Å². The minimum Gasteiger partial charge on any atom is -0.493 e. The van der Waals surface area contributed by atoms with Gasteiger partial charge in [-0.3, -0.25) is 4.90 Å². The molecule has 2 aliphatic rings. The molecule has 5 heteroatoms. The average molecular weight is 355 g/mol. The average Bonchev–Trinajstić information content (AvgIpc) is 3.14. The minimum absolute atomic E-state index is 0.172. The number of rotatable bonds is 6. The Balaban J connectivity index is 1.17. The summed E-state index contributed by atoms with van der Waals surface area (Å²) in [7, 11) is 0. The lowest BCUT2D eigenvalue weighted by Crippen LogP contribution is -2.48. The Morgan fingerprint density at radius 3 is 2.62 bits per heavy atom. The van der Waals surface area contributed by atoms with Crippen LogP contribution in [0.2, 0.25) is 0 Å². The first-order chi connectivity index (χ1) is 12.8. The lowest BCUT2D eigenvalue weighted by atomic mass is 10.1. The number of hydrogen-bond acceptors (Lipinski definition) is 4. The van der Waals surface area contributed by atoms with E-state index in [1.165, 1.54) is 23.3 Å². The monoisotopic (exact) mass is 355 g/mol. The fraction of sp³-hybridized carbons (Fsp3) is 0.429. The van der Waals surface area contributed by atoms with E-state index >= 15 is 0 Å². The summed E-state index contributed by atoms with van der Waals surface area (Å²) in [4.78, 5) is 4.82. The van der Waals surface area contributed by atoms with Crippen molar-refractivity contribution in [1.82, 2.24) is 10.2 Å². The van der Waals surface area contributed by atoms with E-state index in [1.54, 1.807) is 0 Å². The number of piperazine rings is 1. The Kier molecular flexibility index (Phi) is 5.37. The van der Waals surface area contributed by atoms with Crippen molar-refractivity contribution in [1.29, 1.82) is 0 Å². The van der Waals surface area contributed by atoms with Crippen molar-refractivity contribution < 1.29 is 9.13 Å². The van der Waals surface area contributed by atoms with Gasteiger partial charge in [0.2, 0.25) is 0 Å². The van der Waals surface area contributed by atoms with Gasteiger partial charge in [0, 0.05) is 57.9 Å². The maximum Gasteiger partial charge on any atom is 0.123 e. The first kappa shape index (κ1) is 17.3. The number of benzene rings is 2. The molecule has 4 rings (SSSR count). The molecule has 2 aromatic rings. The molecule has 2 aromatic carbocycles. The summed E-state index contributed by atoms with van der Waals surface area (Å²) in [6, 6.07) is 13.3. The number of anilines is 1. The zero-order valence-corrected chi connectivity index (χ0v) is 15.1. The maximum absolute atomic E-state index is 13.0. The van der Waals surface area contributed by atoms with E-state index < -0.39 is 0 Å². The maximum atomic E-state index is 13.0. The van der Waals surface area contributed by atoms with Gasteiger partial charge in [-0.15, -0.1) is 0 Å². The zero-order valence-electron chi connectivity index (χ0n) is 15.1. The topological polar surface area (TPSA) is 27.7 Å². The summed E-state index contributed by atoms with van der Waals surface area (Å²) in [6.07, 6.45) is 1.03. The molecule has 26 heavy (non-hydrogen) atoms. The number of halogens is 1. The summed E-state index contributed by atoms with van der Waals surface area (Å²) in [6.45, 7) is 7.87. The second kappa shape index (κ2) is 8.06. The highest BCUT2D eigenvalue weighted by Crippen LogP contribution is 2.25. The molecule has 0 aliphatic carbocycles. The standard InChI is InChI=1S/C21H26FN3O/c22-19-2-4-20(5-3-19)25-12-10-24(11-13-25)9-8-23-16-17-1-6-21-18(15-17)7-14-26-21/h1-6,15,23H,7-14,16H2. The SMILES string of the molecule is Fc1ccc(N2CCN(CCNCc3ccc4c(c3)CCO4)CC2)cc1. The van der Waals surface area contributed by atoms with E-state index in [9.17, 15) is 4.39 Å². The van der Waals surface area contributed by atoms with Crippen LogP contribution < -0.4 is 15.0 Å². The fourth-order valence-corrected chi connectivity index (χ4v) is 3.70. The van der Waals surface area contributed by atoms with Gasteiger partial charge >= 0.3 is 0 Å². The Hall–Kier alpha value is -2.11. The van der Waals surface area contributed by atoms with Gasteiger partial charge in [0.1, 0.15) is 11.6 Å². The van der Waals surface area contributed by atoms with Gasteiger partial charge in [0.15, 0.2) is 0 Å². The number of hydrogen-bond donors (Lipinski definition) is 1. The molecule has 1 N–H and O–H groups in total. The quantitative estimate of drug-likeness (QED) is 0.807. The lowest BCUT2D eigenvalue weighted by Gasteiger charge is -2.36. The van der Waals surface area contributed by atoms with E-state index in [1.807, 2.05) is 12.1 Å². The van der Waals surface area contributed by atoms with Gasteiger partial charge in [-0.1, -0.05) is 12.1 Å². The number of fused-ring (bicyclic) bond motifs is 1. The van der Waals surface area contributed by atoms with Crippen molar-refractivity contribution in [2.75, 3.05) is 50.8 Å². The summed E-state index contributed by atoms with van der Waals surface area (Å²) >= 11 is 0. The molecule has 0 spiro atoms. The van der Waals surface area contributed by atoms with Gasteiger partial charge in [0.25, 0.3) is 0 Å². The van der Waals surface area contributed by atoms with E-state index in [0.717, 1.165) is 70.3 Å². The molecule has 0 bridgehead atoms. The lowest BCUT2D eigenvalue weighted by molar-refractivity contribution is 0.257. The highest BCUT2D eigenvalue weighted by Gasteiger charge is 2.17. The highest BCUT2D eigenvalue weighted by atomic mass is 19.1. The van der Waals surface area contributed by atoms with Gasteiger partial charge in [-0.2, -0.15) is 0 Å². The van der Waals surface area contributed by atoms with Crippen LogP contribution in [0.15, 0.2) is 42.5 Å². The molecule has 0 saturated carbocycles. The van der Waals surface area contributed by atoms with Crippen molar-refractivity contribution in [3.05, 3.63) is 59.4 Å². The van der Waals surface area contributed by atoms with Gasteiger partial charge < -0.3 is 15.0 Å². The predicted molar refractivity (Wildman–Crippen MR) is 102 cm³/mol. The molecule has 138 valence electrons. The Labute approximate surface area is 154 Å². The van der Waals surface area contributed by atoms with Crippen LogP contribution in [0, 0.1) is 5.82 Å². The van der Waals surface area contributed by atoms with Crippen LogP contribution >= 0.6 is 0 Å². The second-order valence-corrected chi connectivity index (χ2v) is 7.02. The molecule has 0 unspecified atom stereocenters. The fourth-order valence-electron chi connectivity index (χ4n) is 3.70. The third kappa shape index (κ3) is 4.17. The largest absolute Gasteiger partial charge is 0.493 e. The van der Waals surface area contributed by atoms with Crippen LogP contribution in [0.1, 0.15) is 11.1 Å². The first-order valence-corrected chi connectivity index (χ1v) is 9.46. The number of nitrogens with zero attached hydrogens (tertiary/aromatic N) is 2. The van der Waals surface area contributed by atoms with E-state index in [4.69, 9.17) is 4.74 Å². The van der Waals surface area contributed by atoms with Gasteiger partial charge in [-0.25, -0.2) is 4.39 Å². The number of ether oxygens (including phenoxy) is 1. The molecule has 0 amide bonds. The molecule has 0 aromatic heterocycles. The van der Waals surface area contributed by atoms with Gasteiger partial charge in [0.05, 0.1) is 6.61 Å². The molecule has 1 saturated heterocycles. The smallest absolute Gasteiger partial charge is 0.123 e. The highest BCUT2D eigenvalue weighted by molar-refractivity contribution is 5.46. The predicted octanol–water partition coefficient (Wildman–Crippen LogP) is 2.67. The van der Waals surface area contributed by atoms with Crippen LogP contribution in [-0.2, 0) is 13.0 Å². The Morgan fingerprint density at radius 2 is 1.81 bits per heavy atom. The normalized spacial score (nSPS) is 17.2. The van der Waals surface area contributed by atoms with Crippen molar-refractivity contribution in [2.24, 2.45) is 0 Å². The van der Waals surface area contributed by atoms with Crippen molar-refractivity contribution in [3.8, 4) is 5.75 Å². The Morgan fingerprint density at radius 1 is 1.00 bits per heavy atom. The summed E-state index contributed by atoms with van der Waals surface area (Å²) < 4.78 is 18.6. The van der Waals surface area contributed by atoms with Crippen LogP contribution in [-0.4, -0.2) is 50.8 Å². The Bertz CT molecular complexity index is 727. The van der Waals surface area contributed by atoms with E-state index in [-0.39, 0.29) is 5.82 Å². The minimum atomic E-state index is -0.172. The van der Waals surface area contributed by atoms with Crippen LogP contribution in [0.3, 0.4) is 0 Å². The van der Waals surface area contributed by atoms with Crippen LogP contribution in [0.5, 0.6) is 5.75 Å². The summed E-state index contributed by atoms with van der Waals surface area (Å²) in [5.74, 6) is 0.877. The number of nitrogens with one attached hydrogen (secondary N) is 1. The molecule has 0 radical (unpaired) electrons. The van der Waals surface area contributed by atoms with Crippen LogP contribution in [0.25, 0.3) is 0 Å².